The Morgan fingerprint density at radius 1 is 1.06 bits per heavy atom. The van der Waals surface area contributed by atoms with Crippen LogP contribution < -0.4 is 0 Å². The zero-order valence-electron chi connectivity index (χ0n) is 10.2. The van der Waals surface area contributed by atoms with Crippen LogP contribution in [-0.2, 0) is 19.0 Å². The lowest BCUT2D eigenvalue weighted by Gasteiger charge is -2.29. The Hall–Kier alpha value is -0.730. The molecule has 7 nitrogen and oxygen atoms in total. The lowest BCUT2D eigenvalue weighted by molar-refractivity contribution is -0.153. The number of aliphatic carboxylic acids is 1. The van der Waals surface area contributed by atoms with E-state index in [9.17, 15) is 15.0 Å². The zero-order valence-corrected chi connectivity index (χ0v) is 10.2. The molecule has 0 saturated carbocycles. The van der Waals surface area contributed by atoms with Crippen molar-refractivity contribution in [1.82, 2.24) is 0 Å². The van der Waals surface area contributed by atoms with Crippen LogP contribution in [0, 0.1) is 0 Å². The molecular weight excluding hydrogens is 232 g/mol. The summed E-state index contributed by atoms with van der Waals surface area (Å²) in [5.41, 5.74) is 0. The van der Waals surface area contributed by atoms with E-state index in [0.717, 1.165) is 0 Å². The molecule has 0 aromatic rings. The number of hydrogen-bond donors (Lipinski definition) is 3. The van der Waals surface area contributed by atoms with E-state index in [1.165, 1.54) is 21.3 Å². The first-order chi connectivity index (χ1) is 7.97. The molecule has 7 heteroatoms. The molecule has 0 bridgehead atoms. The van der Waals surface area contributed by atoms with Crippen LogP contribution in [0.3, 0.4) is 0 Å². The largest absolute Gasteiger partial charge is 0.481 e. The van der Waals surface area contributed by atoms with Gasteiger partial charge in [-0.25, -0.2) is 0 Å². The summed E-state index contributed by atoms with van der Waals surface area (Å²) in [6.45, 7) is 0.0816. The number of carbonyl (C=O) groups is 1. The average molecular weight is 252 g/mol. The molecule has 0 aliphatic heterocycles. The van der Waals surface area contributed by atoms with Gasteiger partial charge in [0, 0.05) is 21.3 Å². The van der Waals surface area contributed by atoms with Gasteiger partial charge in [0.1, 0.15) is 18.3 Å². The normalized spacial score (nSPS) is 18.4. The van der Waals surface area contributed by atoms with Crippen molar-refractivity contribution in [1.29, 1.82) is 0 Å². The summed E-state index contributed by atoms with van der Waals surface area (Å²) >= 11 is 0. The van der Waals surface area contributed by atoms with E-state index in [0.29, 0.717) is 0 Å². The maximum absolute atomic E-state index is 10.5. The van der Waals surface area contributed by atoms with Crippen molar-refractivity contribution in [2.45, 2.75) is 30.8 Å². The SMILES string of the molecule is COCC(OC)C(O)C(O)C(CC(=O)O)OC. The van der Waals surface area contributed by atoms with E-state index >= 15 is 0 Å². The Balaban J connectivity index is 4.50. The van der Waals surface area contributed by atoms with Gasteiger partial charge in [-0.2, -0.15) is 0 Å². The zero-order chi connectivity index (χ0) is 13.4. The molecule has 0 aromatic carbocycles. The molecule has 0 radical (unpaired) electrons. The standard InChI is InChI=1S/C10H20O7/c1-15-5-7(17-3)10(14)9(13)6(16-2)4-8(11)12/h6-7,9-10,13-14H,4-5H2,1-3H3,(H,11,12). The second-order valence-corrected chi connectivity index (χ2v) is 3.58. The van der Waals surface area contributed by atoms with Crippen LogP contribution in [0.2, 0.25) is 0 Å². The predicted molar refractivity (Wildman–Crippen MR) is 57.7 cm³/mol. The summed E-state index contributed by atoms with van der Waals surface area (Å²) in [6.07, 6.45) is -4.81. The molecule has 0 amide bonds. The van der Waals surface area contributed by atoms with Crippen molar-refractivity contribution in [3.63, 3.8) is 0 Å². The van der Waals surface area contributed by atoms with Gasteiger partial charge >= 0.3 is 5.97 Å². The first-order valence-corrected chi connectivity index (χ1v) is 5.10. The lowest BCUT2D eigenvalue weighted by atomic mass is 10.0. The predicted octanol–water partition coefficient (Wildman–Crippen LogP) is -1.14. The molecule has 3 N–H and O–H groups in total. The fraction of sp³-hybridized carbons (Fsp3) is 0.900. The minimum atomic E-state index is -1.36. The van der Waals surface area contributed by atoms with Gasteiger partial charge in [0.2, 0.25) is 0 Å². The Morgan fingerprint density at radius 2 is 1.53 bits per heavy atom. The third-order valence-corrected chi connectivity index (χ3v) is 2.42. The first kappa shape index (κ1) is 16.3. The number of aliphatic hydroxyl groups is 2. The van der Waals surface area contributed by atoms with Gasteiger partial charge in [0.05, 0.1) is 19.1 Å². The molecule has 0 fully saturated rings. The highest BCUT2D eigenvalue weighted by Gasteiger charge is 2.33. The van der Waals surface area contributed by atoms with E-state index in [2.05, 4.69) is 0 Å². The number of aliphatic hydroxyl groups excluding tert-OH is 2. The molecule has 4 atom stereocenters. The Labute approximate surface area is 99.9 Å². The summed E-state index contributed by atoms with van der Waals surface area (Å²) in [7, 11) is 4.05. The van der Waals surface area contributed by atoms with Crippen LogP contribution in [-0.4, -0.2) is 73.6 Å². The van der Waals surface area contributed by atoms with Crippen LogP contribution in [0.5, 0.6) is 0 Å². The highest BCUT2D eigenvalue weighted by molar-refractivity contribution is 5.67. The topological polar surface area (TPSA) is 105 Å². The second-order valence-electron chi connectivity index (χ2n) is 3.58. The van der Waals surface area contributed by atoms with Crippen LogP contribution in [0.25, 0.3) is 0 Å². The van der Waals surface area contributed by atoms with E-state index in [1.54, 1.807) is 0 Å². The smallest absolute Gasteiger partial charge is 0.306 e. The molecular formula is C10H20O7. The summed E-state index contributed by atoms with van der Waals surface area (Å²) in [5.74, 6) is -1.12. The van der Waals surface area contributed by atoms with Crippen LogP contribution in [0.15, 0.2) is 0 Å². The molecule has 0 spiro atoms. The summed E-state index contributed by atoms with van der Waals surface area (Å²) in [5, 5.41) is 28.2. The maximum Gasteiger partial charge on any atom is 0.306 e. The fourth-order valence-corrected chi connectivity index (χ4v) is 1.43. The third-order valence-electron chi connectivity index (χ3n) is 2.42. The molecule has 0 aliphatic rings. The van der Waals surface area contributed by atoms with Crippen molar-refractivity contribution in [3.8, 4) is 0 Å². The van der Waals surface area contributed by atoms with Crippen molar-refractivity contribution in [2.24, 2.45) is 0 Å². The van der Waals surface area contributed by atoms with Gasteiger partial charge in [-0.3, -0.25) is 4.79 Å². The molecule has 4 unspecified atom stereocenters. The number of ether oxygens (including phenoxy) is 3. The van der Waals surface area contributed by atoms with Crippen molar-refractivity contribution in [2.75, 3.05) is 27.9 Å². The van der Waals surface area contributed by atoms with Crippen molar-refractivity contribution >= 4 is 5.97 Å². The Kier molecular flexibility index (Phi) is 8.01. The highest BCUT2D eigenvalue weighted by Crippen LogP contribution is 2.13. The van der Waals surface area contributed by atoms with E-state index in [4.69, 9.17) is 19.3 Å². The quantitative estimate of drug-likeness (QED) is 0.476. The average Bonchev–Trinajstić information content (AvgIpc) is 2.30. The summed E-state index contributed by atoms with van der Waals surface area (Å²) < 4.78 is 14.6. The summed E-state index contributed by atoms with van der Waals surface area (Å²) in [4.78, 5) is 10.5. The van der Waals surface area contributed by atoms with Gasteiger partial charge in [-0.05, 0) is 0 Å². The Morgan fingerprint density at radius 3 is 1.88 bits per heavy atom. The monoisotopic (exact) mass is 252 g/mol. The molecule has 0 aromatic heterocycles. The van der Waals surface area contributed by atoms with Crippen LogP contribution in [0.4, 0.5) is 0 Å². The van der Waals surface area contributed by atoms with E-state index in [1.807, 2.05) is 0 Å². The third kappa shape index (κ3) is 5.42. The molecule has 17 heavy (non-hydrogen) atoms. The van der Waals surface area contributed by atoms with Gasteiger partial charge in [0.25, 0.3) is 0 Å². The van der Waals surface area contributed by atoms with E-state index < -0.39 is 36.8 Å². The van der Waals surface area contributed by atoms with Gasteiger partial charge in [-0.1, -0.05) is 0 Å². The maximum atomic E-state index is 10.5. The van der Waals surface area contributed by atoms with Gasteiger partial charge < -0.3 is 29.5 Å². The second kappa shape index (κ2) is 8.37. The first-order valence-electron chi connectivity index (χ1n) is 5.10. The number of methoxy groups -OCH3 is 3. The molecule has 0 saturated heterocycles. The number of hydrogen-bond acceptors (Lipinski definition) is 6. The minimum absolute atomic E-state index is 0.0816. The van der Waals surface area contributed by atoms with Crippen molar-refractivity contribution < 1.29 is 34.3 Å². The number of carboxylic acid groups (broad SMARTS) is 1. The van der Waals surface area contributed by atoms with Gasteiger partial charge in [-0.15, -0.1) is 0 Å². The number of rotatable bonds is 9. The summed E-state index contributed by atoms with van der Waals surface area (Å²) in [6, 6.07) is 0. The molecule has 0 aliphatic carbocycles. The molecule has 0 heterocycles. The number of carboxylic acids is 1. The Bertz CT molecular complexity index is 221. The lowest BCUT2D eigenvalue weighted by Crippen LogP contribution is -2.48. The molecule has 102 valence electrons. The highest BCUT2D eigenvalue weighted by atomic mass is 16.5. The van der Waals surface area contributed by atoms with Gasteiger partial charge in [0.15, 0.2) is 0 Å². The fourth-order valence-electron chi connectivity index (χ4n) is 1.43. The van der Waals surface area contributed by atoms with E-state index in [-0.39, 0.29) is 6.61 Å². The van der Waals surface area contributed by atoms with Crippen LogP contribution >= 0.6 is 0 Å². The van der Waals surface area contributed by atoms with Crippen LogP contribution in [0.1, 0.15) is 6.42 Å². The van der Waals surface area contributed by atoms with Crippen molar-refractivity contribution in [3.05, 3.63) is 0 Å². The minimum Gasteiger partial charge on any atom is -0.481 e. The molecule has 0 rings (SSSR count).